The van der Waals surface area contributed by atoms with Crippen LogP contribution >= 0.6 is 0 Å². The summed E-state index contributed by atoms with van der Waals surface area (Å²) in [5, 5.41) is 13.5. The lowest BCUT2D eigenvalue weighted by atomic mass is 10.2. The van der Waals surface area contributed by atoms with E-state index in [2.05, 4.69) is 5.32 Å². The molecule has 0 atom stereocenters. The van der Waals surface area contributed by atoms with Gasteiger partial charge in [0.25, 0.3) is 11.6 Å². The van der Waals surface area contributed by atoms with Gasteiger partial charge in [-0.15, -0.1) is 0 Å². The van der Waals surface area contributed by atoms with Gasteiger partial charge in [-0.3, -0.25) is 14.9 Å². The smallest absolute Gasteiger partial charge is 0.269 e. The largest absolute Gasteiger partial charge is 0.497 e. The van der Waals surface area contributed by atoms with Gasteiger partial charge in [0.05, 0.1) is 24.8 Å². The molecule has 0 heterocycles. The molecule has 3 rings (SSSR count). The first-order chi connectivity index (χ1) is 14.0. The monoisotopic (exact) mass is 394 g/mol. The summed E-state index contributed by atoms with van der Waals surface area (Å²) in [5.41, 5.74) is 0.848. The Kier molecular flexibility index (Phi) is 5.94. The minimum absolute atomic E-state index is 0.0288. The fourth-order valence-electron chi connectivity index (χ4n) is 2.57. The minimum atomic E-state index is -0.484. The Morgan fingerprint density at radius 2 is 1.62 bits per heavy atom. The molecule has 0 aliphatic heterocycles. The van der Waals surface area contributed by atoms with Gasteiger partial charge in [0.2, 0.25) is 0 Å². The SMILES string of the molecule is COc1ccc(NC(=O)c2cccc(Oc3ccc([N+](=O)[O-])cc3)c2)c(OC)c1. The summed E-state index contributed by atoms with van der Waals surface area (Å²) < 4.78 is 16.1. The Hall–Kier alpha value is -4.07. The maximum atomic E-state index is 12.6. The molecule has 8 nitrogen and oxygen atoms in total. The number of benzene rings is 3. The first kappa shape index (κ1) is 19.7. The van der Waals surface area contributed by atoms with Gasteiger partial charge in [-0.2, -0.15) is 0 Å². The molecule has 0 aliphatic carbocycles. The normalized spacial score (nSPS) is 10.1. The van der Waals surface area contributed by atoms with Crippen LogP contribution in [0.1, 0.15) is 10.4 Å². The molecule has 148 valence electrons. The van der Waals surface area contributed by atoms with E-state index in [4.69, 9.17) is 14.2 Å². The third kappa shape index (κ3) is 4.81. The van der Waals surface area contributed by atoms with Gasteiger partial charge in [0.15, 0.2) is 0 Å². The number of hydrogen-bond donors (Lipinski definition) is 1. The van der Waals surface area contributed by atoms with Crippen LogP contribution < -0.4 is 19.5 Å². The molecule has 3 aromatic carbocycles. The number of carbonyl (C=O) groups is 1. The summed E-state index contributed by atoms with van der Waals surface area (Å²) >= 11 is 0. The Morgan fingerprint density at radius 1 is 0.897 bits per heavy atom. The Balaban J connectivity index is 1.75. The maximum absolute atomic E-state index is 12.6. The maximum Gasteiger partial charge on any atom is 0.269 e. The molecule has 0 unspecified atom stereocenters. The van der Waals surface area contributed by atoms with Crippen molar-refractivity contribution < 1.29 is 23.9 Å². The summed E-state index contributed by atoms with van der Waals surface area (Å²) in [4.78, 5) is 22.9. The average Bonchev–Trinajstić information content (AvgIpc) is 2.74. The van der Waals surface area contributed by atoms with Crippen molar-refractivity contribution in [2.75, 3.05) is 19.5 Å². The van der Waals surface area contributed by atoms with Crippen LogP contribution in [0.15, 0.2) is 66.7 Å². The molecule has 0 bridgehead atoms. The quantitative estimate of drug-likeness (QED) is 0.462. The topological polar surface area (TPSA) is 99.9 Å². The molecule has 29 heavy (non-hydrogen) atoms. The van der Waals surface area contributed by atoms with Crippen molar-refractivity contribution in [3.63, 3.8) is 0 Å². The second kappa shape index (κ2) is 8.75. The minimum Gasteiger partial charge on any atom is -0.497 e. The van der Waals surface area contributed by atoms with Crippen LogP contribution in [0.3, 0.4) is 0 Å². The summed E-state index contributed by atoms with van der Waals surface area (Å²) in [7, 11) is 3.05. The van der Waals surface area contributed by atoms with E-state index >= 15 is 0 Å². The number of anilines is 1. The van der Waals surface area contributed by atoms with E-state index in [0.29, 0.717) is 34.2 Å². The molecular weight excluding hydrogens is 376 g/mol. The number of hydrogen-bond acceptors (Lipinski definition) is 6. The first-order valence-corrected chi connectivity index (χ1v) is 8.56. The Labute approximate surface area is 166 Å². The number of nitrogens with zero attached hydrogens (tertiary/aromatic N) is 1. The lowest BCUT2D eigenvalue weighted by molar-refractivity contribution is -0.384. The van der Waals surface area contributed by atoms with E-state index in [1.165, 1.54) is 31.4 Å². The van der Waals surface area contributed by atoms with Gasteiger partial charge >= 0.3 is 0 Å². The highest BCUT2D eigenvalue weighted by molar-refractivity contribution is 6.05. The number of non-ortho nitro benzene ring substituents is 1. The van der Waals surface area contributed by atoms with Crippen molar-refractivity contribution >= 4 is 17.3 Å². The number of nitro groups is 1. The second-order valence-corrected chi connectivity index (χ2v) is 5.90. The van der Waals surface area contributed by atoms with Gasteiger partial charge in [-0.1, -0.05) is 6.07 Å². The zero-order valence-electron chi connectivity index (χ0n) is 15.7. The Morgan fingerprint density at radius 3 is 2.28 bits per heavy atom. The van der Waals surface area contributed by atoms with Crippen LogP contribution in [0.25, 0.3) is 0 Å². The lowest BCUT2D eigenvalue weighted by Crippen LogP contribution is -2.12. The predicted molar refractivity (Wildman–Crippen MR) is 107 cm³/mol. The van der Waals surface area contributed by atoms with E-state index in [9.17, 15) is 14.9 Å². The zero-order chi connectivity index (χ0) is 20.8. The van der Waals surface area contributed by atoms with Crippen molar-refractivity contribution in [2.45, 2.75) is 0 Å². The van der Waals surface area contributed by atoms with E-state index in [0.717, 1.165) is 0 Å². The average molecular weight is 394 g/mol. The fraction of sp³-hybridized carbons (Fsp3) is 0.0952. The van der Waals surface area contributed by atoms with Crippen molar-refractivity contribution in [1.29, 1.82) is 0 Å². The van der Waals surface area contributed by atoms with E-state index in [1.807, 2.05) is 0 Å². The van der Waals surface area contributed by atoms with E-state index in [1.54, 1.807) is 49.6 Å². The van der Waals surface area contributed by atoms with Gasteiger partial charge in [-0.05, 0) is 42.5 Å². The molecule has 1 N–H and O–H groups in total. The summed E-state index contributed by atoms with van der Waals surface area (Å²) in [6, 6.07) is 17.3. The summed E-state index contributed by atoms with van der Waals surface area (Å²) in [5.74, 6) is 1.58. The third-order valence-electron chi connectivity index (χ3n) is 4.04. The standard InChI is InChI=1S/C21H18N2O6/c1-27-17-10-11-19(20(13-17)28-2)22-21(24)14-4-3-5-18(12-14)29-16-8-6-15(7-9-16)23(25)26/h3-13H,1-2H3,(H,22,24). The molecule has 0 spiro atoms. The number of methoxy groups -OCH3 is 2. The number of ether oxygens (including phenoxy) is 3. The summed E-state index contributed by atoms with van der Waals surface area (Å²) in [6.07, 6.45) is 0. The highest BCUT2D eigenvalue weighted by Crippen LogP contribution is 2.30. The molecule has 0 fully saturated rings. The van der Waals surface area contributed by atoms with Gasteiger partial charge in [0, 0.05) is 23.8 Å². The van der Waals surface area contributed by atoms with E-state index < -0.39 is 4.92 Å². The molecule has 0 aromatic heterocycles. The number of amides is 1. The number of nitro benzene ring substituents is 1. The van der Waals surface area contributed by atoms with Crippen molar-refractivity contribution in [3.05, 3.63) is 82.4 Å². The number of carbonyl (C=O) groups excluding carboxylic acids is 1. The third-order valence-corrected chi connectivity index (χ3v) is 4.04. The van der Waals surface area contributed by atoms with Crippen LogP contribution in [-0.4, -0.2) is 25.1 Å². The second-order valence-electron chi connectivity index (χ2n) is 5.90. The van der Waals surface area contributed by atoms with Crippen LogP contribution in [0, 0.1) is 10.1 Å². The van der Waals surface area contributed by atoms with Crippen molar-refractivity contribution in [1.82, 2.24) is 0 Å². The molecular formula is C21H18N2O6. The first-order valence-electron chi connectivity index (χ1n) is 8.56. The predicted octanol–water partition coefficient (Wildman–Crippen LogP) is 4.66. The molecule has 0 radical (unpaired) electrons. The Bertz CT molecular complexity index is 1030. The summed E-state index contributed by atoms with van der Waals surface area (Å²) in [6.45, 7) is 0. The van der Waals surface area contributed by atoms with Gasteiger partial charge in [0.1, 0.15) is 23.0 Å². The highest BCUT2D eigenvalue weighted by atomic mass is 16.6. The van der Waals surface area contributed by atoms with E-state index in [-0.39, 0.29) is 11.6 Å². The number of nitrogens with one attached hydrogen (secondary N) is 1. The van der Waals surface area contributed by atoms with Gasteiger partial charge in [-0.25, -0.2) is 0 Å². The van der Waals surface area contributed by atoms with Crippen LogP contribution in [0.4, 0.5) is 11.4 Å². The van der Waals surface area contributed by atoms with Gasteiger partial charge < -0.3 is 19.5 Å². The lowest BCUT2D eigenvalue weighted by Gasteiger charge is -2.12. The van der Waals surface area contributed by atoms with Crippen molar-refractivity contribution in [2.24, 2.45) is 0 Å². The molecule has 0 saturated carbocycles. The van der Waals surface area contributed by atoms with Crippen molar-refractivity contribution in [3.8, 4) is 23.0 Å². The van der Waals surface area contributed by atoms with Crippen LogP contribution in [0.5, 0.6) is 23.0 Å². The molecule has 3 aromatic rings. The molecule has 0 saturated heterocycles. The van der Waals surface area contributed by atoms with Crippen LogP contribution in [0.2, 0.25) is 0 Å². The van der Waals surface area contributed by atoms with Crippen LogP contribution in [-0.2, 0) is 0 Å². The molecule has 0 aliphatic rings. The zero-order valence-corrected chi connectivity index (χ0v) is 15.7. The molecule has 8 heteroatoms. The fourth-order valence-corrected chi connectivity index (χ4v) is 2.57. The molecule has 1 amide bonds. The highest BCUT2D eigenvalue weighted by Gasteiger charge is 2.12. The number of rotatable bonds is 7.